The predicted molar refractivity (Wildman–Crippen MR) is 96.5 cm³/mol. The lowest BCUT2D eigenvalue weighted by atomic mass is 9.86. The lowest BCUT2D eigenvalue weighted by molar-refractivity contribution is -0.122. The molecule has 8 nitrogen and oxygen atoms in total. The normalized spacial score (nSPS) is 12.7. The number of aromatic nitrogens is 6. The van der Waals surface area contributed by atoms with Gasteiger partial charge in [-0.3, -0.25) is 4.79 Å². The minimum absolute atomic E-state index is 0.000197. The van der Waals surface area contributed by atoms with E-state index in [1.54, 1.807) is 17.2 Å². The van der Waals surface area contributed by atoms with E-state index < -0.39 is 0 Å². The first-order valence-corrected chi connectivity index (χ1v) is 8.49. The van der Waals surface area contributed by atoms with E-state index in [2.05, 4.69) is 46.6 Å². The van der Waals surface area contributed by atoms with Gasteiger partial charge < -0.3 is 9.88 Å². The van der Waals surface area contributed by atoms with Gasteiger partial charge in [0.2, 0.25) is 5.91 Å². The average molecular weight is 353 g/mol. The van der Waals surface area contributed by atoms with E-state index in [1.165, 1.54) is 6.33 Å². The summed E-state index contributed by atoms with van der Waals surface area (Å²) in [7, 11) is 0. The SMILES string of the molecule is CC(C)(C)[C@H](Cn1ccnc1)NC(=O)Cc1ccc(-n2cnnn2)cc1. The third-order valence-electron chi connectivity index (χ3n) is 4.25. The van der Waals surface area contributed by atoms with Crippen LogP contribution < -0.4 is 5.32 Å². The van der Waals surface area contributed by atoms with Crippen molar-refractivity contribution in [3.05, 3.63) is 54.9 Å². The molecule has 0 spiro atoms. The van der Waals surface area contributed by atoms with E-state index in [-0.39, 0.29) is 17.4 Å². The number of rotatable bonds is 6. The smallest absolute Gasteiger partial charge is 0.224 e. The molecule has 1 aromatic carbocycles. The zero-order chi connectivity index (χ0) is 18.6. The molecule has 8 heteroatoms. The maximum Gasteiger partial charge on any atom is 0.224 e. The molecule has 0 aliphatic carbocycles. The first kappa shape index (κ1) is 17.8. The number of amides is 1. The van der Waals surface area contributed by atoms with E-state index in [0.29, 0.717) is 13.0 Å². The molecule has 0 aliphatic heterocycles. The molecule has 136 valence electrons. The summed E-state index contributed by atoms with van der Waals surface area (Å²) in [5.74, 6) is 0.000197. The Labute approximate surface area is 152 Å². The summed E-state index contributed by atoms with van der Waals surface area (Å²) in [6.45, 7) is 7.05. The Balaban J connectivity index is 1.62. The minimum Gasteiger partial charge on any atom is -0.351 e. The highest BCUT2D eigenvalue weighted by Gasteiger charge is 2.26. The lowest BCUT2D eigenvalue weighted by Gasteiger charge is -2.31. The van der Waals surface area contributed by atoms with E-state index in [9.17, 15) is 4.79 Å². The summed E-state index contributed by atoms with van der Waals surface area (Å²) in [5, 5.41) is 14.2. The predicted octanol–water partition coefficient (Wildman–Crippen LogP) is 1.63. The summed E-state index contributed by atoms with van der Waals surface area (Å²) in [6.07, 6.45) is 7.27. The molecule has 2 aromatic heterocycles. The van der Waals surface area contributed by atoms with Crippen LogP contribution in [0.2, 0.25) is 0 Å². The van der Waals surface area contributed by atoms with E-state index in [4.69, 9.17) is 0 Å². The molecule has 0 bridgehead atoms. The Morgan fingerprint density at radius 3 is 2.54 bits per heavy atom. The number of carbonyl (C=O) groups is 1. The molecule has 3 rings (SSSR count). The Morgan fingerprint density at radius 2 is 1.96 bits per heavy atom. The van der Waals surface area contributed by atoms with Crippen molar-refractivity contribution in [2.75, 3.05) is 0 Å². The fraction of sp³-hybridized carbons (Fsp3) is 0.389. The van der Waals surface area contributed by atoms with Crippen LogP contribution >= 0.6 is 0 Å². The van der Waals surface area contributed by atoms with Gasteiger partial charge in [-0.25, -0.2) is 9.67 Å². The number of benzene rings is 1. The molecule has 0 radical (unpaired) electrons. The number of nitrogens with one attached hydrogen (secondary N) is 1. The zero-order valence-electron chi connectivity index (χ0n) is 15.2. The summed E-state index contributed by atoms with van der Waals surface area (Å²) in [4.78, 5) is 16.6. The Morgan fingerprint density at radius 1 is 1.19 bits per heavy atom. The number of nitrogens with zero attached hydrogens (tertiary/aromatic N) is 6. The third kappa shape index (κ3) is 4.53. The molecule has 3 aromatic rings. The first-order valence-electron chi connectivity index (χ1n) is 8.49. The summed E-state index contributed by atoms with van der Waals surface area (Å²) in [5.41, 5.74) is 1.73. The van der Waals surface area contributed by atoms with Crippen LogP contribution in [0.25, 0.3) is 5.69 Å². The second-order valence-corrected chi connectivity index (χ2v) is 7.34. The number of hydrogen-bond donors (Lipinski definition) is 1. The van der Waals surface area contributed by atoms with Crippen molar-refractivity contribution in [2.45, 2.75) is 39.8 Å². The second-order valence-electron chi connectivity index (χ2n) is 7.34. The van der Waals surface area contributed by atoms with Crippen LogP contribution in [0.15, 0.2) is 49.3 Å². The third-order valence-corrected chi connectivity index (χ3v) is 4.25. The first-order chi connectivity index (χ1) is 12.4. The Hall–Kier alpha value is -3.03. The standard InChI is InChI=1S/C18H23N7O/c1-18(2,3)16(11-24-9-8-19-12-24)21-17(26)10-14-4-6-15(7-5-14)25-13-20-22-23-25/h4-9,12-13,16H,10-11H2,1-3H3,(H,21,26)/t16-/m0/s1. The topological polar surface area (TPSA) is 90.5 Å². The molecule has 1 amide bonds. The van der Waals surface area contributed by atoms with Crippen molar-refractivity contribution in [2.24, 2.45) is 5.41 Å². The molecule has 0 saturated heterocycles. The van der Waals surface area contributed by atoms with Crippen LogP contribution in [0.3, 0.4) is 0 Å². The molecule has 2 heterocycles. The maximum absolute atomic E-state index is 12.5. The van der Waals surface area contributed by atoms with Gasteiger partial charge in [-0.1, -0.05) is 32.9 Å². The van der Waals surface area contributed by atoms with E-state index in [0.717, 1.165) is 11.3 Å². The van der Waals surface area contributed by atoms with Crippen molar-refractivity contribution in [1.29, 1.82) is 0 Å². The van der Waals surface area contributed by atoms with Crippen molar-refractivity contribution >= 4 is 5.91 Å². The lowest BCUT2D eigenvalue weighted by Crippen LogP contribution is -2.46. The van der Waals surface area contributed by atoms with Gasteiger partial charge >= 0.3 is 0 Å². The second kappa shape index (κ2) is 7.47. The molecule has 0 saturated carbocycles. The summed E-state index contributed by atoms with van der Waals surface area (Å²) in [6, 6.07) is 7.62. The van der Waals surface area contributed by atoms with Gasteiger partial charge in [-0.2, -0.15) is 0 Å². The zero-order valence-corrected chi connectivity index (χ0v) is 15.2. The average Bonchev–Trinajstić information content (AvgIpc) is 3.28. The van der Waals surface area contributed by atoms with Crippen molar-refractivity contribution in [3.63, 3.8) is 0 Å². The minimum atomic E-state index is -0.0656. The number of imidazole rings is 1. The molecule has 0 aliphatic rings. The van der Waals surface area contributed by atoms with Crippen molar-refractivity contribution in [3.8, 4) is 5.69 Å². The van der Waals surface area contributed by atoms with Crippen LogP contribution in [-0.2, 0) is 17.8 Å². The van der Waals surface area contributed by atoms with E-state index >= 15 is 0 Å². The van der Waals surface area contributed by atoms with Crippen LogP contribution in [0.4, 0.5) is 0 Å². The maximum atomic E-state index is 12.5. The fourth-order valence-electron chi connectivity index (χ4n) is 2.62. The largest absolute Gasteiger partial charge is 0.351 e. The van der Waals surface area contributed by atoms with Crippen LogP contribution in [0.5, 0.6) is 0 Å². The Bertz CT molecular complexity index is 818. The summed E-state index contributed by atoms with van der Waals surface area (Å²) < 4.78 is 3.56. The fourth-order valence-corrected chi connectivity index (χ4v) is 2.62. The van der Waals surface area contributed by atoms with Gasteiger partial charge in [-0.15, -0.1) is 5.10 Å². The van der Waals surface area contributed by atoms with Gasteiger partial charge in [-0.05, 0) is 33.5 Å². The highest BCUT2D eigenvalue weighted by atomic mass is 16.1. The molecule has 26 heavy (non-hydrogen) atoms. The number of hydrogen-bond acceptors (Lipinski definition) is 5. The molecule has 1 atom stereocenters. The van der Waals surface area contributed by atoms with Crippen molar-refractivity contribution < 1.29 is 4.79 Å². The van der Waals surface area contributed by atoms with Gasteiger partial charge in [0.15, 0.2) is 0 Å². The van der Waals surface area contributed by atoms with E-state index in [1.807, 2.05) is 35.0 Å². The van der Waals surface area contributed by atoms with Gasteiger partial charge in [0, 0.05) is 18.9 Å². The number of carbonyl (C=O) groups excluding carboxylic acids is 1. The highest BCUT2D eigenvalue weighted by Crippen LogP contribution is 2.21. The molecule has 1 N–H and O–H groups in total. The quantitative estimate of drug-likeness (QED) is 0.727. The molecular formula is C18H23N7O. The van der Waals surface area contributed by atoms with Gasteiger partial charge in [0.1, 0.15) is 6.33 Å². The van der Waals surface area contributed by atoms with Crippen LogP contribution in [0, 0.1) is 5.41 Å². The van der Waals surface area contributed by atoms with Gasteiger partial charge in [0.05, 0.1) is 24.5 Å². The Kier molecular flexibility index (Phi) is 5.11. The number of tetrazole rings is 1. The molecular weight excluding hydrogens is 330 g/mol. The van der Waals surface area contributed by atoms with Gasteiger partial charge in [0.25, 0.3) is 0 Å². The van der Waals surface area contributed by atoms with Crippen molar-refractivity contribution in [1.82, 2.24) is 35.1 Å². The van der Waals surface area contributed by atoms with Crippen LogP contribution in [-0.4, -0.2) is 41.7 Å². The van der Waals surface area contributed by atoms with Crippen LogP contribution in [0.1, 0.15) is 26.3 Å². The molecule has 0 fully saturated rings. The summed E-state index contributed by atoms with van der Waals surface area (Å²) >= 11 is 0. The molecule has 0 unspecified atom stereocenters. The highest BCUT2D eigenvalue weighted by molar-refractivity contribution is 5.79. The monoisotopic (exact) mass is 353 g/mol.